The van der Waals surface area contributed by atoms with Gasteiger partial charge in [0.2, 0.25) is 0 Å². The van der Waals surface area contributed by atoms with Gasteiger partial charge >= 0.3 is 0 Å². The third-order valence-electron chi connectivity index (χ3n) is 3.74. The van der Waals surface area contributed by atoms with Gasteiger partial charge in [-0.05, 0) is 53.4 Å². The molecule has 1 N–H and O–H groups in total. The van der Waals surface area contributed by atoms with E-state index < -0.39 is 0 Å². The Kier molecular flexibility index (Phi) is 6.18. The second-order valence-corrected chi connectivity index (χ2v) is 6.28. The second-order valence-electron chi connectivity index (χ2n) is 5.42. The topological polar surface area (TPSA) is 21.3 Å². The molecule has 1 aliphatic carbocycles. The molecule has 0 atom stereocenters. The summed E-state index contributed by atoms with van der Waals surface area (Å²) in [5, 5.41) is 3.62. The van der Waals surface area contributed by atoms with Crippen molar-refractivity contribution in [1.82, 2.24) is 5.32 Å². The van der Waals surface area contributed by atoms with Gasteiger partial charge in [0, 0.05) is 12.6 Å². The van der Waals surface area contributed by atoms with Crippen molar-refractivity contribution in [2.24, 2.45) is 0 Å². The summed E-state index contributed by atoms with van der Waals surface area (Å²) in [4.78, 5) is 0. The van der Waals surface area contributed by atoms with Gasteiger partial charge < -0.3 is 10.1 Å². The Morgan fingerprint density at radius 1 is 1.21 bits per heavy atom. The number of hydrogen-bond donors (Lipinski definition) is 1. The molecule has 0 unspecified atom stereocenters. The molecule has 0 radical (unpaired) electrons. The van der Waals surface area contributed by atoms with Crippen LogP contribution in [0.25, 0.3) is 0 Å². The zero-order valence-corrected chi connectivity index (χ0v) is 13.3. The van der Waals surface area contributed by atoms with E-state index in [0.29, 0.717) is 6.04 Å². The van der Waals surface area contributed by atoms with Crippen LogP contribution < -0.4 is 10.1 Å². The fraction of sp³-hybridized carbons (Fsp3) is 0.625. The maximum atomic E-state index is 5.80. The summed E-state index contributed by atoms with van der Waals surface area (Å²) in [6, 6.07) is 6.91. The summed E-state index contributed by atoms with van der Waals surface area (Å²) in [5.74, 6) is 0.938. The maximum Gasteiger partial charge on any atom is 0.133 e. The van der Waals surface area contributed by atoms with E-state index in [9.17, 15) is 0 Å². The van der Waals surface area contributed by atoms with Gasteiger partial charge in [0.1, 0.15) is 12.4 Å². The van der Waals surface area contributed by atoms with Crippen molar-refractivity contribution in [3.8, 4) is 5.75 Å². The van der Waals surface area contributed by atoms with Crippen LogP contribution in [-0.2, 0) is 0 Å². The van der Waals surface area contributed by atoms with Crippen molar-refractivity contribution >= 4 is 15.9 Å². The first-order valence-electron chi connectivity index (χ1n) is 7.38. The SMILES string of the molecule is Cc1ccc(OCCNC2CCCCCC2)c(Br)c1. The van der Waals surface area contributed by atoms with Gasteiger partial charge in [-0.15, -0.1) is 0 Å². The van der Waals surface area contributed by atoms with Gasteiger partial charge in [0.15, 0.2) is 0 Å². The minimum absolute atomic E-state index is 0.701. The molecule has 1 fully saturated rings. The lowest BCUT2D eigenvalue weighted by Gasteiger charge is -2.16. The molecular weight excluding hydrogens is 302 g/mol. The highest BCUT2D eigenvalue weighted by Gasteiger charge is 2.11. The van der Waals surface area contributed by atoms with E-state index in [1.807, 2.05) is 6.07 Å². The largest absolute Gasteiger partial charge is 0.491 e. The van der Waals surface area contributed by atoms with Crippen LogP contribution >= 0.6 is 15.9 Å². The van der Waals surface area contributed by atoms with Crippen molar-refractivity contribution in [2.45, 2.75) is 51.5 Å². The molecule has 2 rings (SSSR count). The third kappa shape index (κ3) is 5.15. The highest BCUT2D eigenvalue weighted by atomic mass is 79.9. The van der Waals surface area contributed by atoms with Gasteiger partial charge in [0.05, 0.1) is 4.47 Å². The van der Waals surface area contributed by atoms with Crippen molar-refractivity contribution in [3.63, 3.8) is 0 Å². The number of ether oxygens (including phenoxy) is 1. The smallest absolute Gasteiger partial charge is 0.133 e. The minimum Gasteiger partial charge on any atom is -0.491 e. The van der Waals surface area contributed by atoms with Gasteiger partial charge in [-0.3, -0.25) is 0 Å². The molecule has 0 heterocycles. The van der Waals surface area contributed by atoms with Crippen LogP contribution in [0.5, 0.6) is 5.75 Å². The number of nitrogens with one attached hydrogen (secondary N) is 1. The highest BCUT2D eigenvalue weighted by molar-refractivity contribution is 9.10. The molecule has 19 heavy (non-hydrogen) atoms. The van der Waals surface area contributed by atoms with E-state index in [1.165, 1.54) is 44.1 Å². The molecule has 1 aromatic carbocycles. The summed E-state index contributed by atoms with van der Waals surface area (Å²) >= 11 is 3.54. The predicted octanol–water partition coefficient (Wildman–Crippen LogP) is 4.45. The van der Waals surface area contributed by atoms with Crippen LogP contribution in [-0.4, -0.2) is 19.2 Å². The van der Waals surface area contributed by atoms with Crippen molar-refractivity contribution in [3.05, 3.63) is 28.2 Å². The van der Waals surface area contributed by atoms with E-state index in [-0.39, 0.29) is 0 Å². The van der Waals surface area contributed by atoms with Gasteiger partial charge in [-0.25, -0.2) is 0 Å². The Balaban J connectivity index is 1.68. The van der Waals surface area contributed by atoms with Crippen LogP contribution in [0, 0.1) is 6.92 Å². The molecule has 0 aromatic heterocycles. The Labute approximate surface area is 125 Å². The Hall–Kier alpha value is -0.540. The standard InChI is InChI=1S/C16H24BrNO/c1-13-8-9-16(15(17)12-13)19-11-10-18-14-6-4-2-3-5-7-14/h8-9,12,14,18H,2-7,10-11H2,1H3. The van der Waals surface area contributed by atoms with Crippen LogP contribution in [0.1, 0.15) is 44.1 Å². The molecule has 3 heteroatoms. The first-order chi connectivity index (χ1) is 9.25. The molecule has 0 saturated heterocycles. The van der Waals surface area contributed by atoms with Crippen molar-refractivity contribution < 1.29 is 4.74 Å². The number of benzene rings is 1. The van der Waals surface area contributed by atoms with Crippen LogP contribution in [0.2, 0.25) is 0 Å². The second kappa shape index (κ2) is 7.91. The molecule has 1 aliphatic rings. The summed E-state index contributed by atoms with van der Waals surface area (Å²) < 4.78 is 6.85. The molecule has 0 amide bonds. The van der Waals surface area contributed by atoms with E-state index in [4.69, 9.17) is 4.74 Å². The number of hydrogen-bond acceptors (Lipinski definition) is 2. The van der Waals surface area contributed by atoms with E-state index in [1.54, 1.807) is 0 Å². The predicted molar refractivity (Wildman–Crippen MR) is 83.9 cm³/mol. The lowest BCUT2D eigenvalue weighted by atomic mass is 10.1. The molecular formula is C16H24BrNO. The van der Waals surface area contributed by atoms with E-state index in [2.05, 4.69) is 40.3 Å². The molecule has 0 aliphatic heterocycles. The number of halogens is 1. The lowest BCUT2D eigenvalue weighted by molar-refractivity contribution is 0.298. The zero-order chi connectivity index (χ0) is 13.5. The van der Waals surface area contributed by atoms with Crippen molar-refractivity contribution in [2.75, 3.05) is 13.2 Å². The average molecular weight is 326 g/mol. The molecule has 0 spiro atoms. The molecule has 1 aromatic rings. The Morgan fingerprint density at radius 3 is 2.63 bits per heavy atom. The summed E-state index contributed by atoms with van der Waals surface area (Å²) in [5.41, 5.74) is 1.25. The molecule has 2 nitrogen and oxygen atoms in total. The fourth-order valence-corrected chi connectivity index (χ4v) is 3.24. The van der Waals surface area contributed by atoms with Gasteiger partial charge in [-0.1, -0.05) is 31.7 Å². The summed E-state index contributed by atoms with van der Waals surface area (Å²) in [7, 11) is 0. The summed E-state index contributed by atoms with van der Waals surface area (Å²) in [6.07, 6.45) is 8.22. The normalized spacial score (nSPS) is 17.2. The lowest BCUT2D eigenvalue weighted by Crippen LogP contribution is -2.32. The monoisotopic (exact) mass is 325 g/mol. The Morgan fingerprint density at radius 2 is 1.95 bits per heavy atom. The first kappa shape index (κ1) is 14.9. The van der Waals surface area contributed by atoms with Crippen LogP contribution in [0.3, 0.4) is 0 Å². The maximum absolute atomic E-state index is 5.80. The Bertz CT molecular complexity index is 386. The minimum atomic E-state index is 0.701. The average Bonchev–Trinajstić information content (AvgIpc) is 2.65. The number of aryl methyl sites for hydroxylation is 1. The van der Waals surface area contributed by atoms with Gasteiger partial charge in [-0.2, -0.15) is 0 Å². The molecule has 106 valence electrons. The van der Waals surface area contributed by atoms with E-state index >= 15 is 0 Å². The zero-order valence-electron chi connectivity index (χ0n) is 11.8. The quantitative estimate of drug-likeness (QED) is 0.638. The number of rotatable bonds is 5. The van der Waals surface area contributed by atoms with Crippen molar-refractivity contribution in [1.29, 1.82) is 0 Å². The first-order valence-corrected chi connectivity index (χ1v) is 8.17. The molecule has 1 saturated carbocycles. The highest BCUT2D eigenvalue weighted by Crippen LogP contribution is 2.25. The van der Waals surface area contributed by atoms with E-state index in [0.717, 1.165) is 23.4 Å². The summed E-state index contributed by atoms with van der Waals surface area (Å²) in [6.45, 7) is 3.76. The fourth-order valence-electron chi connectivity index (χ4n) is 2.63. The van der Waals surface area contributed by atoms with Crippen LogP contribution in [0.15, 0.2) is 22.7 Å². The third-order valence-corrected chi connectivity index (χ3v) is 4.35. The molecule has 0 bridgehead atoms. The van der Waals surface area contributed by atoms with Gasteiger partial charge in [0.25, 0.3) is 0 Å². The van der Waals surface area contributed by atoms with Crippen LogP contribution in [0.4, 0.5) is 0 Å².